The Morgan fingerprint density at radius 3 is 2.86 bits per heavy atom. The second-order valence-electron chi connectivity index (χ2n) is 5.42. The molecule has 2 heterocycles. The number of aryl methyl sites for hydroxylation is 2. The average molecular weight is 305 g/mol. The van der Waals surface area contributed by atoms with Crippen molar-refractivity contribution in [3.63, 3.8) is 0 Å². The molecule has 1 saturated carbocycles. The van der Waals surface area contributed by atoms with Crippen molar-refractivity contribution in [1.82, 2.24) is 30.1 Å². The Labute approximate surface area is 127 Å². The summed E-state index contributed by atoms with van der Waals surface area (Å²) in [5.41, 5.74) is 0. The maximum atomic E-state index is 12.0. The minimum absolute atomic E-state index is 0.0307. The molecule has 0 radical (unpaired) electrons. The standard InChI is InChI=1S/C13H19N7O2/c1-19-7-9(6-14-19)22-11-5-3-4-10(11)15-13(21)16-12-8-20(2)18-17-12/h6-8,10-11H,3-5H2,1-2H3,(H2,15,16,21)/t10-,11+/m0/s1. The van der Waals surface area contributed by atoms with E-state index < -0.39 is 0 Å². The molecule has 118 valence electrons. The van der Waals surface area contributed by atoms with Crippen molar-refractivity contribution in [3.05, 3.63) is 18.6 Å². The molecule has 22 heavy (non-hydrogen) atoms. The highest BCUT2D eigenvalue weighted by Gasteiger charge is 2.30. The Hall–Kier alpha value is -2.58. The van der Waals surface area contributed by atoms with Crippen molar-refractivity contribution < 1.29 is 9.53 Å². The highest BCUT2D eigenvalue weighted by atomic mass is 16.5. The van der Waals surface area contributed by atoms with Crippen LogP contribution in [0.3, 0.4) is 0 Å². The summed E-state index contributed by atoms with van der Waals surface area (Å²) in [6, 6.07) is -0.330. The molecule has 1 fully saturated rings. The van der Waals surface area contributed by atoms with Gasteiger partial charge in [-0.2, -0.15) is 5.10 Å². The summed E-state index contributed by atoms with van der Waals surface area (Å²) in [6.07, 6.45) is 7.89. The van der Waals surface area contributed by atoms with Gasteiger partial charge in [0.2, 0.25) is 0 Å². The summed E-state index contributed by atoms with van der Waals surface area (Å²) in [5.74, 6) is 1.14. The van der Waals surface area contributed by atoms with Crippen LogP contribution in [0.2, 0.25) is 0 Å². The number of amides is 2. The topological polar surface area (TPSA) is 98.9 Å². The van der Waals surface area contributed by atoms with E-state index in [1.165, 1.54) is 4.68 Å². The van der Waals surface area contributed by atoms with Crippen LogP contribution in [0.25, 0.3) is 0 Å². The number of urea groups is 1. The first-order valence-corrected chi connectivity index (χ1v) is 7.19. The van der Waals surface area contributed by atoms with Crippen LogP contribution in [0.4, 0.5) is 10.6 Å². The third-order valence-electron chi connectivity index (χ3n) is 3.58. The maximum Gasteiger partial charge on any atom is 0.320 e. The third-order valence-corrected chi connectivity index (χ3v) is 3.58. The van der Waals surface area contributed by atoms with Crippen LogP contribution in [0, 0.1) is 0 Å². The van der Waals surface area contributed by atoms with E-state index in [9.17, 15) is 4.79 Å². The number of nitrogens with one attached hydrogen (secondary N) is 2. The minimum atomic E-state index is -0.299. The molecule has 0 aromatic carbocycles. The Balaban J connectivity index is 1.55. The van der Waals surface area contributed by atoms with Crippen molar-refractivity contribution in [2.45, 2.75) is 31.4 Å². The van der Waals surface area contributed by atoms with Gasteiger partial charge in [0.25, 0.3) is 0 Å². The number of rotatable bonds is 4. The van der Waals surface area contributed by atoms with Crippen LogP contribution < -0.4 is 15.4 Å². The monoisotopic (exact) mass is 305 g/mol. The van der Waals surface area contributed by atoms with E-state index in [2.05, 4.69) is 26.0 Å². The van der Waals surface area contributed by atoms with Gasteiger partial charge in [0.15, 0.2) is 11.6 Å². The number of hydrogen-bond donors (Lipinski definition) is 2. The number of ether oxygens (including phenoxy) is 1. The fraction of sp³-hybridized carbons (Fsp3) is 0.538. The zero-order valence-corrected chi connectivity index (χ0v) is 12.6. The predicted molar refractivity (Wildman–Crippen MR) is 78.4 cm³/mol. The number of carbonyl (C=O) groups is 1. The zero-order chi connectivity index (χ0) is 15.5. The van der Waals surface area contributed by atoms with Crippen LogP contribution in [-0.4, -0.2) is 43.0 Å². The number of anilines is 1. The Bertz CT molecular complexity index is 650. The van der Waals surface area contributed by atoms with Crippen LogP contribution in [-0.2, 0) is 14.1 Å². The van der Waals surface area contributed by atoms with Gasteiger partial charge in [0.05, 0.1) is 24.6 Å². The molecule has 2 atom stereocenters. The summed E-state index contributed by atoms with van der Waals surface area (Å²) < 4.78 is 9.12. The number of nitrogens with zero attached hydrogens (tertiary/aromatic N) is 5. The van der Waals surface area contributed by atoms with Crippen molar-refractivity contribution in [2.24, 2.45) is 14.1 Å². The van der Waals surface area contributed by atoms with Crippen molar-refractivity contribution in [2.75, 3.05) is 5.32 Å². The van der Waals surface area contributed by atoms with Gasteiger partial charge >= 0.3 is 6.03 Å². The van der Waals surface area contributed by atoms with Gasteiger partial charge in [-0.05, 0) is 19.3 Å². The fourth-order valence-electron chi connectivity index (χ4n) is 2.59. The second-order valence-corrected chi connectivity index (χ2v) is 5.42. The molecule has 0 bridgehead atoms. The Kier molecular flexibility index (Phi) is 3.94. The molecule has 0 saturated heterocycles. The quantitative estimate of drug-likeness (QED) is 0.865. The first-order valence-electron chi connectivity index (χ1n) is 7.19. The van der Waals surface area contributed by atoms with Crippen LogP contribution in [0.5, 0.6) is 5.75 Å². The number of aromatic nitrogens is 5. The van der Waals surface area contributed by atoms with E-state index >= 15 is 0 Å². The average Bonchev–Trinajstić information content (AvgIpc) is 3.15. The van der Waals surface area contributed by atoms with E-state index in [1.54, 1.807) is 24.1 Å². The highest BCUT2D eigenvalue weighted by molar-refractivity contribution is 5.88. The van der Waals surface area contributed by atoms with E-state index in [0.717, 1.165) is 25.0 Å². The number of carbonyl (C=O) groups excluding carboxylic acids is 1. The van der Waals surface area contributed by atoms with E-state index in [0.29, 0.717) is 5.82 Å². The first-order chi connectivity index (χ1) is 10.6. The SMILES string of the molecule is Cn1cc(O[C@@H]2CCC[C@@H]2NC(=O)Nc2cn(C)nn2)cn1. The third kappa shape index (κ3) is 3.35. The van der Waals surface area contributed by atoms with Gasteiger partial charge in [-0.25, -0.2) is 4.79 Å². The zero-order valence-electron chi connectivity index (χ0n) is 12.6. The molecule has 9 nitrogen and oxygen atoms in total. The second kappa shape index (κ2) is 6.04. The summed E-state index contributed by atoms with van der Waals surface area (Å²) in [7, 11) is 3.58. The Morgan fingerprint density at radius 1 is 1.32 bits per heavy atom. The van der Waals surface area contributed by atoms with Crippen LogP contribution in [0.15, 0.2) is 18.6 Å². The normalized spacial score (nSPS) is 20.8. The van der Waals surface area contributed by atoms with Gasteiger partial charge in [0, 0.05) is 14.1 Å². The largest absolute Gasteiger partial charge is 0.485 e. The lowest BCUT2D eigenvalue weighted by Crippen LogP contribution is -2.44. The van der Waals surface area contributed by atoms with Crippen molar-refractivity contribution in [3.8, 4) is 5.75 Å². The smallest absolute Gasteiger partial charge is 0.320 e. The lowest BCUT2D eigenvalue weighted by molar-refractivity contribution is 0.175. The molecule has 2 aromatic rings. The number of hydrogen-bond acceptors (Lipinski definition) is 5. The van der Waals surface area contributed by atoms with Gasteiger partial charge in [-0.1, -0.05) is 5.21 Å². The molecule has 2 aromatic heterocycles. The molecule has 2 N–H and O–H groups in total. The summed E-state index contributed by atoms with van der Waals surface area (Å²) in [4.78, 5) is 12.0. The maximum absolute atomic E-state index is 12.0. The van der Waals surface area contributed by atoms with Gasteiger partial charge in [0.1, 0.15) is 6.10 Å². The fourth-order valence-corrected chi connectivity index (χ4v) is 2.59. The minimum Gasteiger partial charge on any atom is -0.485 e. The molecule has 0 unspecified atom stereocenters. The molecule has 3 rings (SSSR count). The molecule has 9 heteroatoms. The lowest BCUT2D eigenvalue weighted by Gasteiger charge is -2.21. The lowest BCUT2D eigenvalue weighted by atomic mass is 10.2. The van der Waals surface area contributed by atoms with Crippen LogP contribution in [0.1, 0.15) is 19.3 Å². The molecule has 0 aliphatic heterocycles. The highest BCUT2D eigenvalue weighted by Crippen LogP contribution is 2.24. The van der Waals surface area contributed by atoms with Gasteiger partial charge in [-0.3, -0.25) is 14.7 Å². The van der Waals surface area contributed by atoms with Crippen LogP contribution >= 0.6 is 0 Å². The van der Waals surface area contributed by atoms with Crippen molar-refractivity contribution in [1.29, 1.82) is 0 Å². The summed E-state index contributed by atoms with van der Waals surface area (Å²) in [5, 5.41) is 17.3. The predicted octanol–water partition coefficient (Wildman–Crippen LogP) is 0.670. The Morgan fingerprint density at radius 2 is 2.18 bits per heavy atom. The summed E-state index contributed by atoms with van der Waals surface area (Å²) in [6.45, 7) is 0. The molecule has 1 aliphatic carbocycles. The van der Waals surface area contributed by atoms with Gasteiger partial charge < -0.3 is 10.1 Å². The van der Waals surface area contributed by atoms with E-state index in [4.69, 9.17) is 4.74 Å². The summed E-state index contributed by atoms with van der Waals surface area (Å²) >= 11 is 0. The first kappa shape index (κ1) is 14.4. The van der Waals surface area contributed by atoms with Gasteiger partial charge in [-0.15, -0.1) is 5.10 Å². The molecular formula is C13H19N7O2. The molecule has 0 spiro atoms. The molecule has 1 aliphatic rings. The molecule has 2 amide bonds. The van der Waals surface area contributed by atoms with Crippen molar-refractivity contribution >= 4 is 11.8 Å². The molecular weight excluding hydrogens is 286 g/mol. The van der Waals surface area contributed by atoms with E-state index in [-0.39, 0.29) is 18.2 Å². The van der Waals surface area contributed by atoms with E-state index in [1.807, 2.05) is 13.2 Å².